The van der Waals surface area contributed by atoms with Crippen molar-refractivity contribution in [2.75, 3.05) is 6.26 Å². The van der Waals surface area contributed by atoms with E-state index in [9.17, 15) is 13.2 Å². The molecular weight excluding hydrogens is 313 g/mol. The van der Waals surface area contributed by atoms with Crippen molar-refractivity contribution >= 4 is 45.7 Å². The first-order chi connectivity index (χ1) is 8.12. The van der Waals surface area contributed by atoms with Crippen LogP contribution in [0, 0.1) is 6.92 Å². The number of aliphatic imine (C=N–C) groups is 1. The van der Waals surface area contributed by atoms with Gasteiger partial charge in [-0.2, -0.15) is 4.99 Å². The Hall–Kier alpha value is -1.31. The minimum absolute atomic E-state index is 0. The maximum Gasteiger partial charge on any atom is 0.281 e. The molecule has 0 fully saturated rings. The molecule has 0 aromatic heterocycles. The predicted octanol–water partition coefficient (Wildman–Crippen LogP) is 0.887. The minimum Gasteiger partial charge on any atom is -0.370 e. The summed E-state index contributed by atoms with van der Waals surface area (Å²) >= 11 is 5.86. The van der Waals surface area contributed by atoms with Gasteiger partial charge in [-0.15, -0.1) is 12.4 Å². The van der Waals surface area contributed by atoms with E-state index in [1.54, 1.807) is 6.92 Å². The number of nitrogens with two attached hydrogens (primary N) is 2. The summed E-state index contributed by atoms with van der Waals surface area (Å²) in [5.41, 5.74) is 10.5. The first kappa shape index (κ1) is 17.7. The van der Waals surface area contributed by atoms with Crippen LogP contribution < -0.4 is 11.5 Å². The van der Waals surface area contributed by atoms with Gasteiger partial charge in [0.25, 0.3) is 5.91 Å². The highest BCUT2D eigenvalue weighted by atomic mass is 35.5. The molecule has 0 bridgehead atoms. The number of halogens is 2. The van der Waals surface area contributed by atoms with Crippen molar-refractivity contribution in [2.24, 2.45) is 16.5 Å². The van der Waals surface area contributed by atoms with Crippen molar-refractivity contribution < 1.29 is 13.2 Å². The number of aryl methyl sites for hydroxylation is 1. The van der Waals surface area contributed by atoms with Crippen molar-refractivity contribution in [1.29, 1.82) is 0 Å². The lowest BCUT2D eigenvalue weighted by atomic mass is 10.1. The number of carbonyl (C=O) groups excluding carboxylic acids is 1. The van der Waals surface area contributed by atoms with Crippen molar-refractivity contribution in [3.05, 3.63) is 28.3 Å². The number of hydrogen-bond acceptors (Lipinski definition) is 3. The normalized spacial score (nSPS) is 10.5. The summed E-state index contributed by atoms with van der Waals surface area (Å²) in [6.45, 7) is 1.58. The molecule has 0 aliphatic heterocycles. The number of rotatable bonds is 2. The highest BCUT2D eigenvalue weighted by Gasteiger charge is 2.18. The summed E-state index contributed by atoms with van der Waals surface area (Å²) in [4.78, 5) is 15.0. The lowest BCUT2D eigenvalue weighted by molar-refractivity contribution is 0.100. The van der Waals surface area contributed by atoms with Crippen LogP contribution in [0.2, 0.25) is 5.02 Å². The Morgan fingerprint density at radius 2 is 1.84 bits per heavy atom. The first-order valence-corrected chi connectivity index (χ1v) is 7.04. The summed E-state index contributed by atoms with van der Waals surface area (Å²) in [6, 6.07) is 2.55. The maximum absolute atomic E-state index is 11.6. The largest absolute Gasteiger partial charge is 0.370 e. The lowest BCUT2D eigenvalue weighted by Crippen LogP contribution is -2.24. The van der Waals surface area contributed by atoms with Crippen LogP contribution in [0.3, 0.4) is 0 Å². The Bertz CT molecular complexity index is 638. The number of nitrogens with zero attached hydrogens (tertiary/aromatic N) is 1. The fourth-order valence-electron chi connectivity index (χ4n) is 1.39. The monoisotopic (exact) mass is 325 g/mol. The van der Waals surface area contributed by atoms with Crippen molar-refractivity contribution in [3.8, 4) is 0 Å². The second-order valence-corrected chi connectivity index (χ2v) is 6.10. The average molecular weight is 326 g/mol. The summed E-state index contributed by atoms with van der Waals surface area (Å²) in [7, 11) is -3.46. The van der Waals surface area contributed by atoms with Crippen LogP contribution in [0.5, 0.6) is 0 Å². The Balaban J connectivity index is 0.00000324. The fourth-order valence-corrected chi connectivity index (χ4v) is 2.67. The summed E-state index contributed by atoms with van der Waals surface area (Å²) in [5, 5.41) is 0.0925. The minimum atomic E-state index is -3.46. The summed E-state index contributed by atoms with van der Waals surface area (Å²) in [6.07, 6.45) is 1.04. The van der Waals surface area contributed by atoms with E-state index >= 15 is 0 Å². The van der Waals surface area contributed by atoms with E-state index in [2.05, 4.69) is 4.99 Å². The Morgan fingerprint density at radius 3 is 2.26 bits per heavy atom. The topological polar surface area (TPSA) is 116 Å². The van der Waals surface area contributed by atoms with Gasteiger partial charge in [-0.3, -0.25) is 4.79 Å². The van der Waals surface area contributed by atoms with Crippen LogP contribution in [0.25, 0.3) is 0 Å². The molecule has 1 aromatic carbocycles. The number of guanidine groups is 1. The highest BCUT2D eigenvalue weighted by Crippen LogP contribution is 2.25. The molecule has 1 rings (SSSR count). The standard InChI is InChI=1S/C10H12ClN3O3S.ClH/c1-5-3-7(11)6(9(15)14-10(12)13)4-8(5)18(2,16)17;/h3-4H,1-2H3,(H4,12,13,14,15);1H. The summed E-state index contributed by atoms with van der Waals surface area (Å²) in [5.74, 6) is -1.21. The van der Waals surface area contributed by atoms with Crippen LogP contribution in [0.15, 0.2) is 22.0 Å². The molecule has 4 N–H and O–H groups in total. The molecule has 0 unspecified atom stereocenters. The molecule has 0 aliphatic rings. The molecule has 106 valence electrons. The predicted molar refractivity (Wildman–Crippen MR) is 76.7 cm³/mol. The van der Waals surface area contributed by atoms with Gasteiger partial charge < -0.3 is 11.5 Å². The van der Waals surface area contributed by atoms with E-state index in [-0.39, 0.29) is 27.9 Å². The zero-order valence-electron chi connectivity index (χ0n) is 10.2. The third-order valence-corrected chi connectivity index (χ3v) is 3.68. The summed E-state index contributed by atoms with van der Waals surface area (Å²) < 4.78 is 23.0. The molecule has 1 aromatic rings. The van der Waals surface area contributed by atoms with Gasteiger partial charge in [0.1, 0.15) is 0 Å². The second kappa shape index (κ2) is 6.23. The van der Waals surface area contributed by atoms with Crippen LogP contribution in [0.4, 0.5) is 0 Å². The van der Waals surface area contributed by atoms with Crippen LogP contribution in [-0.4, -0.2) is 26.5 Å². The molecule has 1 amide bonds. The molecule has 6 nitrogen and oxygen atoms in total. The molecule has 0 saturated carbocycles. The smallest absolute Gasteiger partial charge is 0.281 e. The van der Waals surface area contributed by atoms with Crippen LogP contribution in [-0.2, 0) is 9.84 Å². The molecule has 0 heterocycles. The molecule has 9 heteroatoms. The first-order valence-electron chi connectivity index (χ1n) is 4.77. The van der Waals surface area contributed by atoms with Gasteiger partial charge >= 0.3 is 0 Å². The molecular formula is C10H13Cl2N3O3S. The van der Waals surface area contributed by atoms with Gasteiger partial charge in [0.15, 0.2) is 15.8 Å². The Kier molecular flexibility index (Phi) is 5.80. The van der Waals surface area contributed by atoms with E-state index < -0.39 is 21.7 Å². The van der Waals surface area contributed by atoms with E-state index in [4.69, 9.17) is 23.1 Å². The van der Waals surface area contributed by atoms with Gasteiger partial charge in [-0.25, -0.2) is 8.42 Å². The molecule has 0 atom stereocenters. The van der Waals surface area contributed by atoms with Crippen molar-refractivity contribution in [3.63, 3.8) is 0 Å². The molecule has 0 radical (unpaired) electrons. The van der Waals surface area contributed by atoms with Crippen LogP contribution >= 0.6 is 24.0 Å². The number of hydrogen-bond donors (Lipinski definition) is 2. The molecule has 0 saturated heterocycles. The Morgan fingerprint density at radius 1 is 1.32 bits per heavy atom. The zero-order chi connectivity index (χ0) is 14.1. The van der Waals surface area contributed by atoms with Crippen molar-refractivity contribution in [2.45, 2.75) is 11.8 Å². The van der Waals surface area contributed by atoms with Crippen molar-refractivity contribution in [1.82, 2.24) is 0 Å². The van der Waals surface area contributed by atoms with E-state index in [1.807, 2.05) is 0 Å². The average Bonchev–Trinajstić information content (AvgIpc) is 2.13. The number of carbonyl (C=O) groups is 1. The van der Waals surface area contributed by atoms with Gasteiger partial charge in [-0.05, 0) is 24.6 Å². The van der Waals surface area contributed by atoms with Crippen LogP contribution in [0.1, 0.15) is 15.9 Å². The van der Waals surface area contributed by atoms with Gasteiger partial charge in [0, 0.05) is 6.26 Å². The van der Waals surface area contributed by atoms with E-state index in [0.717, 1.165) is 6.26 Å². The fraction of sp³-hybridized carbons (Fsp3) is 0.200. The molecule has 19 heavy (non-hydrogen) atoms. The van der Waals surface area contributed by atoms with E-state index in [1.165, 1.54) is 12.1 Å². The highest BCUT2D eigenvalue weighted by molar-refractivity contribution is 7.90. The number of sulfone groups is 1. The Labute approximate surface area is 122 Å². The van der Waals surface area contributed by atoms with E-state index in [0.29, 0.717) is 5.56 Å². The van der Waals surface area contributed by atoms with Gasteiger partial charge in [0.05, 0.1) is 15.5 Å². The second-order valence-electron chi connectivity index (χ2n) is 3.71. The number of benzene rings is 1. The third-order valence-electron chi connectivity index (χ3n) is 2.13. The zero-order valence-corrected chi connectivity index (χ0v) is 12.6. The number of amides is 1. The lowest BCUT2D eigenvalue weighted by Gasteiger charge is -2.07. The molecule has 0 spiro atoms. The van der Waals surface area contributed by atoms with Gasteiger partial charge in [0.2, 0.25) is 0 Å². The third kappa shape index (κ3) is 4.38. The van der Waals surface area contributed by atoms with Gasteiger partial charge in [-0.1, -0.05) is 11.6 Å². The maximum atomic E-state index is 11.6. The SMILES string of the molecule is Cc1cc(Cl)c(C(=O)N=C(N)N)cc1S(C)(=O)=O.Cl. The molecule has 0 aliphatic carbocycles. The quantitative estimate of drug-likeness (QED) is 0.618.